The molecule has 0 aliphatic rings. The van der Waals surface area contributed by atoms with Crippen molar-refractivity contribution in [2.75, 3.05) is 0 Å². The van der Waals surface area contributed by atoms with Gasteiger partial charge in [0.05, 0.1) is 11.4 Å². The van der Waals surface area contributed by atoms with Crippen LogP contribution < -0.4 is 0 Å². The molecule has 9 aromatic rings. The van der Waals surface area contributed by atoms with E-state index in [4.69, 9.17) is 10.2 Å². The van der Waals surface area contributed by atoms with Crippen molar-refractivity contribution in [1.29, 1.82) is 0 Å². The molecule has 0 aromatic carbocycles. The van der Waals surface area contributed by atoms with Gasteiger partial charge in [0, 0.05) is 123 Å². The molecule has 0 aliphatic carbocycles. The first-order chi connectivity index (χ1) is 30.5. The molecule has 2 N–H and O–H groups in total. The number of azo groups is 1. The van der Waals surface area contributed by atoms with Gasteiger partial charge in [-0.1, -0.05) is 0 Å². The van der Waals surface area contributed by atoms with E-state index in [1.165, 1.54) is 11.1 Å². The SMILES string of the molecule is O=C(O)c1nccnc1C(=O)O.c1cc(-c2ccncc2)ccn1.c1cc(-c2nnc(-c3ccncc3)nn2)ccn1.c1cc(N=Nc2ccncc2)ccn1.c1cnccn1. The minimum absolute atomic E-state index is 0.482. The zero-order valence-electron chi connectivity index (χ0n) is 32.2. The molecule has 0 bridgehead atoms. The Hall–Kier alpha value is -9.46. The quantitative estimate of drug-likeness (QED) is 0.157. The molecule has 9 heterocycles. The van der Waals surface area contributed by atoms with Gasteiger partial charge in [-0.15, -0.1) is 20.4 Å². The minimum Gasteiger partial charge on any atom is -0.476 e. The van der Waals surface area contributed by atoms with Gasteiger partial charge >= 0.3 is 11.9 Å². The number of nitrogens with zero attached hydrogens (tertiary/aromatic N) is 16. The number of carboxylic acids is 2. The van der Waals surface area contributed by atoms with Crippen LogP contribution in [-0.2, 0) is 0 Å². The van der Waals surface area contributed by atoms with E-state index in [0.717, 1.165) is 34.9 Å². The number of pyridine rings is 6. The normalized spacial score (nSPS) is 9.81. The maximum Gasteiger partial charge on any atom is 0.357 e. The Kier molecular flexibility index (Phi) is 17.6. The lowest BCUT2D eigenvalue weighted by Crippen LogP contribution is -2.12. The fraction of sp³-hybridized carbons (Fsp3) is 0. The van der Waals surface area contributed by atoms with Gasteiger partial charge in [-0.05, 0) is 83.9 Å². The number of carbonyl (C=O) groups is 2. The molecule has 0 fully saturated rings. The average Bonchev–Trinajstić information content (AvgIpc) is 3.36. The second-order valence-corrected chi connectivity index (χ2v) is 11.4. The summed E-state index contributed by atoms with van der Waals surface area (Å²) in [6, 6.07) is 22.4. The molecule has 9 aromatic heterocycles. The summed E-state index contributed by atoms with van der Waals surface area (Å²) in [5, 5.41) is 41.2. The molecular formula is C42H32N16O4. The van der Waals surface area contributed by atoms with Gasteiger partial charge in [-0.2, -0.15) is 10.2 Å². The third-order valence-corrected chi connectivity index (χ3v) is 7.24. The Morgan fingerprint density at radius 1 is 0.323 bits per heavy atom. The molecule has 20 heteroatoms. The number of aromatic carboxylic acids is 2. The molecule has 62 heavy (non-hydrogen) atoms. The molecule has 20 nitrogen and oxygen atoms in total. The van der Waals surface area contributed by atoms with Crippen LogP contribution in [0.2, 0.25) is 0 Å². The molecule has 9 rings (SSSR count). The molecule has 0 saturated carbocycles. The van der Waals surface area contributed by atoms with Crippen LogP contribution in [0.3, 0.4) is 0 Å². The van der Waals surface area contributed by atoms with E-state index in [9.17, 15) is 9.59 Å². The summed E-state index contributed by atoms with van der Waals surface area (Å²) in [4.78, 5) is 58.4. The zero-order chi connectivity index (χ0) is 43.5. The predicted molar refractivity (Wildman–Crippen MR) is 222 cm³/mol. The summed E-state index contributed by atoms with van der Waals surface area (Å²) in [5.41, 5.74) is 4.50. The first-order valence-electron chi connectivity index (χ1n) is 17.9. The highest BCUT2D eigenvalue weighted by atomic mass is 16.4. The number of aromatic nitrogens is 14. The van der Waals surface area contributed by atoms with Gasteiger partial charge in [0.25, 0.3) is 0 Å². The summed E-state index contributed by atoms with van der Waals surface area (Å²) in [6.07, 6.45) is 29.4. The number of hydrogen-bond acceptors (Lipinski definition) is 18. The summed E-state index contributed by atoms with van der Waals surface area (Å²) in [5.74, 6) is -1.84. The van der Waals surface area contributed by atoms with E-state index in [1.54, 1.807) is 123 Å². The second-order valence-electron chi connectivity index (χ2n) is 11.4. The highest BCUT2D eigenvalue weighted by Gasteiger charge is 2.17. The Morgan fingerprint density at radius 2 is 0.565 bits per heavy atom. The number of carboxylic acid groups (broad SMARTS) is 2. The van der Waals surface area contributed by atoms with Crippen LogP contribution in [0.1, 0.15) is 21.0 Å². The molecule has 0 amide bonds. The van der Waals surface area contributed by atoms with Crippen LogP contribution in [0, 0.1) is 0 Å². The van der Waals surface area contributed by atoms with Crippen LogP contribution in [0.15, 0.2) is 195 Å². The van der Waals surface area contributed by atoms with Gasteiger partial charge in [0.2, 0.25) is 11.6 Å². The van der Waals surface area contributed by atoms with Gasteiger partial charge in [0.1, 0.15) is 0 Å². The Morgan fingerprint density at radius 3 is 0.823 bits per heavy atom. The first kappa shape index (κ1) is 43.7. The van der Waals surface area contributed by atoms with E-state index >= 15 is 0 Å². The molecule has 304 valence electrons. The monoisotopic (exact) mass is 824 g/mol. The second kappa shape index (κ2) is 25.0. The lowest BCUT2D eigenvalue weighted by atomic mass is 10.1. The van der Waals surface area contributed by atoms with E-state index < -0.39 is 23.3 Å². The largest absolute Gasteiger partial charge is 0.476 e. The molecule has 0 radical (unpaired) electrons. The van der Waals surface area contributed by atoms with E-state index in [0.29, 0.717) is 11.6 Å². The average molecular weight is 825 g/mol. The molecule has 0 aliphatic heterocycles. The summed E-state index contributed by atoms with van der Waals surface area (Å²) in [6.45, 7) is 0. The topological polar surface area (TPSA) is 280 Å². The van der Waals surface area contributed by atoms with Crippen molar-refractivity contribution in [1.82, 2.24) is 70.2 Å². The van der Waals surface area contributed by atoms with Gasteiger partial charge in [-0.3, -0.25) is 39.9 Å². The van der Waals surface area contributed by atoms with Crippen molar-refractivity contribution in [3.63, 3.8) is 0 Å². The molecule has 0 atom stereocenters. The van der Waals surface area contributed by atoms with Gasteiger partial charge < -0.3 is 10.2 Å². The Bertz CT molecular complexity index is 2470. The van der Waals surface area contributed by atoms with Crippen LogP contribution in [0.25, 0.3) is 33.9 Å². The van der Waals surface area contributed by atoms with Gasteiger partial charge in [-0.25, -0.2) is 19.6 Å². The van der Waals surface area contributed by atoms with E-state index in [2.05, 4.69) is 80.5 Å². The lowest BCUT2D eigenvalue weighted by Gasteiger charge is -1.99. The molecule has 0 saturated heterocycles. The predicted octanol–water partition coefficient (Wildman–Crippen LogP) is 6.78. The minimum atomic E-state index is -1.40. The van der Waals surface area contributed by atoms with Crippen molar-refractivity contribution in [2.45, 2.75) is 0 Å². The van der Waals surface area contributed by atoms with Gasteiger partial charge in [0.15, 0.2) is 11.4 Å². The molecule has 0 unspecified atom stereocenters. The van der Waals surface area contributed by atoms with Crippen LogP contribution in [0.5, 0.6) is 0 Å². The maximum absolute atomic E-state index is 10.4. The standard InChI is InChI=1S/C12H8N6.C10H8N4.C10H8N2.C6H4N2O4.C4H4N2/c1-5-13-6-2-9(1)11-15-17-12(18-16-11)10-3-7-14-8-4-10;1-5-11-6-2-9(1)13-14-10-3-7-12-8-4-10;1-5-11-6-2-9(1)10-3-7-12-8-4-10;9-5(10)3-4(6(11)12)8-2-1-7-3;1-2-6-4-3-5-1/h1-8H;1-8H;1-8H;1-2H,(H,9,10)(H,11,12);1-4H. The maximum atomic E-state index is 10.4. The van der Waals surface area contributed by atoms with Crippen LogP contribution in [0.4, 0.5) is 11.4 Å². The fourth-order valence-electron chi connectivity index (χ4n) is 4.39. The molecular weight excluding hydrogens is 793 g/mol. The number of hydrogen-bond donors (Lipinski definition) is 2. The summed E-state index contributed by atoms with van der Waals surface area (Å²) in [7, 11) is 0. The lowest BCUT2D eigenvalue weighted by molar-refractivity contribution is 0.0641. The Balaban J connectivity index is 0.000000151. The molecule has 0 spiro atoms. The smallest absolute Gasteiger partial charge is 0.357 e. The Labute approximate surface area is 352 Å². The van der Waals surface area contributed by atoms with Crippen LogP contribution in [-0.4, -0.2) is 92.4 Å². The third kappa shape index (κ3) is 15.1. The van der Waals surface area contributed by atoms with Crippen molar-refractivity contribution in [3.8, 4) is 33.9 Å². The highest BCUT2D eigenvalue weighted by Crippen LogP contribution is 2.17. The summed E-state index contributed by atoms with van der Waals surface area (Å²) < 4.78 is 0. The van der Waals surface area contributed by atoms with Crippen molar-refractivity contribution in [3.05, 3.63) is 196 Å². The summed E-state index contributed by atoms with van der Waals surface area (Å²) >= 11 is 0. The number of rotatable bonds is 7. The van der Waals surface area contributed by atoms with E-state index in [-0.39, 0.29) is 0 Å². The van der Waals surface area contributed by atoms with Crippen molar-refractivity contribution in [2.24, 2.45) is 10.2 Å². The van der Waals surface area contributed by atoms with Crippen LogP contribution >= 0.6 is 0 Å². The zero-order valence-corrected chi connectivity index (χ0v) is 32.2. The van der Waals surface area contributed by atoms with E-state index in [1.807, 2.05) is 48.5 Å². The highest BCUT2D eigenvalue weighted by molar-refractivity contribution is 5.98. The third-order valence-electron chi connectivity index (χ3n) is 7.24. The van der Waals surface area contributed by atoms with Crippen molar-refractivity contribution >= 4 is 23.3 Å². The first-order valence-corrected chi connectivity index (χ1v) is 17.9. The van der Waals surface area contributed by atoms with Crippen molar-refractivity contribution < 1.29 is 19.8 Å². The fourth-order valence-corrected chi connectivity index (χ4v) is 4.39.